The second kappa shape index (κ2) is 5.65. The maximum atomic E-state index is 12.3. The van der Waals surface area contributed by atoms with Crippen molar-refractivity contribution < 1.29 is 13.5 Å². The third-order valence-corrected chi connectivity index (χ3v) is 2.27. The maximum absolute atomic E-state index is 12.3. The van der Waals surface area contributed by atoms with Crippen molar-refractivity contribution in [2.24, 2.45) is 10.7 Å². The SMILES string of the molecule is Fc1cccc(F)c1Br.NC1=NCCO1. The van der Waals surface area contributed by atoms with Crippen molar-refractivity contribution in [2.75, 3.05) is 13.2 Å². The largest absolute Gasteiger partial charge is 0.463 e. The van der Waals surface area contributed by atoms with Crippen LogP contribution in [-0.4, -0.2) is 19.2 Å². The second-order valence-electron chi connectivity index (χ2n) is 2.60. The minimum Gasteiger partial charge on any atom is -0.463 e. The maximum Gasteiger partial charge on any atom is 0.282 e. The highest BCUT2D eigenvalue weighted by molar-refractivity contribution is 9.10. The Bertz CT molecular complexity index is 351. The topological polar surface area (TPSA) is 47.6 Å². The minimum atomic E-state index is -0.574. The van der Waals surface area contributed by atoms with Gasteiger partial charge in [0.1, 0.15) is 18.2 Å². The van der Waals surface area contributed by atoms with Gasteiger partial charge in [0.15, 0.2) is 0 Å². The number of ether oxygens (including phenoxy) is 1. The molecular weight excluding hydrogens is 270 g/mol. The first-order valence-corrected chi connectivity index (χ1v) is 4.93. The van der Waals surface area contributed by atoms with Crippen LogP contribution in [0.2, 0.25) is 0 Å². The molecule has 6 heteroatoms. The lowest BCUT2D eigenvalue weighted by molar-refractivity contribution is 0.342. The summed E-state index contributed by atoms with van der Waals surface area (Å²) in [7, 11) is 0. The number of amidine groups is 1. The minimum absolute atomic E-state index is 0.106. The predicted molar refractivity (Wildman–Crippen MR) is 56.5 cm³/mol. The molecule has 0 aliphatic carbocycles. The average molecular weight is 279 g/mol. The van der Waals surface area contributed by atoms with Gasteiger partial charge in [-0.15, -0.1) is 0 Å². The molecule has 0 amide bonds. The van der Waals surface area contributed by atoms with E-state index in [1.807, 2.05) is 0 Å². The fourth-order valence-corrected chi connectivity index (χ4v) is 1.09. The Labute approximate surface area is 94.1 Å². The number of rotatable bonds is 0. The summed E-state index contributed by atoms with van der Waals surface area (Å²) in [6.45, 7) is 1.39. The standard InChI is InChI=1S/C6H3BrF2.C3H6N2O/c7-6-4(8)2-1-3-5(6)9;4-3-5-1-2-6-3/h1-3H;1-2H2,(H2,4,5). The lowest BCUT2D eigenvalue weighted by Crippen LogP contribution is -2.10. The van der Waals surface area contributed by atoms with E-state index in [0.29, 0.717) is 12.6 Å². The van der Waals surface area contributed by atoms with Crippen LogP contribution in [0, 0.1) is 11.6 Å². The first kappa shape index (κ1) is 11.9. The predicted octanol–water partition coefficient (Wildman–Crippen LogP) is 2.06. The molecule has 0 atom stereocenters. The van der Waals surface area contributed by atoms with Crippen LogP contribution in [0.5, 0.6) is 0 Å². The van der Waals surface area contributed by atoms with Gasteiger partial charge in [0, 0.05) is 0 Å². The summed E-state index contributed by atoms with van der Waals surface area (Å²) in [6.07, 6.45) is 0. The third kappa shape index (κ3) is 3.83. The quantitative estimate of drug-likeness (QED) is 0.739. The van der Waals surface area contributed by atoms with Crippen LogP contribution in [0.3, 0.4) is 0 Å². The van der Waals surface area contributed by atoms with E-state index < -0.39 is 11.6 Å². The van der Waals surface area contributed by atoms with Crippen molar-refractivity contribution in [3.05, 3.63) is 34.3 Å². The lowest BCUT2D eigenvalue weighted by Gasteiger charge is -1.92. The molecule has 82 valence electrons. The molecule has 15 heavy (non-hydrogen) atoms. The van der Waals surface area contributed by atoms with E-state index in [4.69, 9.17) is 5.73 Å². The molecule has 0 saturated heterocycles. The van der Waals surface area contributed by atoms with E-state index in [2.05, 4.69) is 25.7 Å². The van der Waals surface area contributed by atoms with Gasteiger partial charge >= 0.3 is 0 Å². The van der Waals surface area contributed by atoms with Crippen LogP contribution in [0.25, 0.3) is 0 Å². The van der Waals surface area contributed by atoms with Crippen LogP contribution >= 0.6 is 15.9 Å². The molecule has 1 aliphatic heterocycles. The zero-order chi connectivity index (χ0) is 11.3. The van der Waals surface area contributed by atoms with E-state index in [1.165, 1.54) is 18.2 Å². The zero-order valence-electron chi connectivity index (χ0n) is 7.71. The van der Waals surface area contributed by atoms with Crippen LogP contribution in [0.1, 0.15) is 0 Å². The van der Waals surface area contributed by atoms with Gasteiger partial charge in [0.25, 0.3) is 6.02 Å². The molecule has 1 heterocycles. The first-order valence-electron chi connectivity index (χ1n) is 4.13. The molecule has 3 nitrogen and oxygen atoms in total. The Kier molecular flexibility index (Phi) is 4.48. The number of hydrogen-bond donors (Lipinski definition) is 1. The lowest BCUT2D eigenvalue weighted by atomic mass is 10.3. The van der Waals surface area contributed by atoms with Crippen molar-refractivity contribution in [1.29, 1.82) is 0 Å². The van der Waals surface area contributed by atoms with Gasteiger partial charge < -0.3 is 10.5 Å². The highest BCUT2D eigenvalue weighted by Crippen LogP contribution is 2.17. The van der Waals surface area contributed by atoms with Crippen LogP contribution in [-0.2, 0) is 4.74 Å². The fourth-order valence-electron chi connectivity index (χ4n) is 0.829. The van der Waals surface area contributed by atoms with Gasteiger partial charge in [-0.2, -0.15) is 0 Å². The molecule has 0 saturated carbocycles. The summed E-state index contributed by atoms with van der Waals surface area (Å²) in [5.41, 5.74) is 5.06. The van der Waals surface area contributed by atoms with Gasteiger partial charge in [-0.25, -0.2) is 13.8 Å². The van der Waals surface area contributed by atoms with Crippen LogP contribution < -0.4 is 5.73 Å². The molecule has 1 aromatic rings. The van der Waals surface area contributed by atoms with Gasteiger partial charge in [-0.1, -0.05) is 6.07 Å². The summed E-state index contributed by atoms with van der Waals surface area (Å²) in [5.74, 6) is -1.15. The molecule has 0 spiro atoms. The molecule has 0 fully saturated rings. The Morgan fingerprint density at radius 1 is 1.33 bits per heavy atom. The molecule has 2 rings (SSSR count). The molecule has 0 aromatic heterocycles. The fraction of sp³-hybridized carbons (Fsp3) is 0.222. The van der Waals surface area contributed by atoms with E-state index in [-0.39, 0.29) is 4.47 Å². The number of nitrogens with zero attached hydrogens (tertiary/aromatic N) is 1. The molecule has 0 unspecified atom stereocenters. The summed E-state index contributed by atoms with van der Waals surface area (Å²) >= 11 is 2.73. The van der Waals surface area contributed by atoms with Gasteiger partial charge in [-0.3, -0.25) is 0 Å². The van der Waals surface area contributed by atoms with Gasteiger partial charge in [0.2, 0.25) is 0 Å². The Morgan fingerprint density at radius 3 is 2.20 bits per heavy atom. The number of benzene rings is 1. The van der Waals surface area contributed by atoms with Crippen molar-refractivity contribution in [3.8, 4) is 0 Å². The normalized spacial score (nSPS) is 13.7. The summed E-state index contributed by atoms with van der Waals surface area (Å²) < 4.78 is 29.2. The van der Waals surface area contributed by atoms with E-state index in [1.54, 1.807) is 0 Å². The van der Waals surface area contributed by atoms with Crippen LogP contribution in [0.15, 0.2) is 27.7 Å². The Hall–Kier alpha value is -1.17. The summed E-state index contributed by atoms with van der Waals surface area (Å²) in [4.78, 5) is 3.71. The van der Waals surface area contributed by atoms with E-state index in [9.17, 15) is 8.78 Å². The first-order chi connectivity index (χ1) is 7.11. The Morgan fingerprint density at radius 2 is 1.93 bits per heavy atom. The zero-order valence-corrected chi connectivity index (χ0v) is 9.30. The molecule has 0 radical (unpaired) electrons. The van der Waals surface area contributed by atoms with E-state index in [0.717, 1.165) is 6.54 Å². The average Bonchev–Trinajstić information content (AvgIpc) is 2.66. The van der Waals surface area contributed by atoms with Crippen molar-refractivity contribution in [3.63, 3.8) is 0 Å². The molecular formula is C9H9BrF2N2O. The second-order valence-corrected chi connectivity index (χ2v) is 3.40. The summed E-state index contributed by atoms with van der Waals surface area (Å²) in [6, 6.07) is 4.02. The molecule has 0 bridgehead atoms. The van der Waals surface area contributed by atoms with Gasteiger partial charge in [0.05, 0.1) is 11.0 Å². The molecule has 1 aliphatic rings. The van der Waals surface area contributed by atoms with Crippen molar-refractivity contribution in [2.45, 2.75) is 0 Å². The van der Waals surface area contributed by atoms with Crippen molar-refractivity contribution >= 4 is 22.0 Å². The third-order valence-electron chi connectivity index (χ3n) is 1.51. The summed E-state index contributed by atoms with van der Waals surface area (Å²) in [5, 5.41) is 0. The molecule has 1 aromatic carbocycles. The van der Waals surface area contributed by atoms with Crippen molar-refractivity contribution in [1.82, 2.24) is 0 Å². The number of aliphatic imine (C=N–C) groups is 1. The number of nitrogens with two attached hydrogens (primary N) is 1. The highest BCUT2D eigenvalue weighted by Gasteiger charge is 2.01. The van der Waals surface area contributed by atoms with E-state index >= 15 is 0 Å². The Balaban J connectivity index is 0.000000162. The smallest absolute Gasteiger partial charge is 0.282 e. The van der Waals surface area contributed by atoms with Gasteiger partial charge in [-0.05, 0) is 28.1 Å². The molecule has 2 N–H and O–H groups in total. The number of hydrogen-bond acceptors (Lipinski definition) is 3. The highest BCUT2D eigenvalue weighted by atomic mass is 79.9. The monoisotopic (exact) mass is 278 g/mol. The number of halogens is 3. The van der Waals surface area contributed by atoms with Crippen LogP contribution in [0.4, 0.5) is 8.78 Å².